The first-order chi connectivity index (χ1) is 9.06. The largest absolute Gasteiger partial charge is 0.336 e. The zero-order chi connectivity index (χ0) is 13.8. The van der Waals surface area contributed by atoms with E-state index in [1.807, 2.05) is 25.1 Å². The second-order valence-corrected chi connectivity index (χ2v) is 4.88. The van der Waals surface area contributed by atoms with Crippen LogP contribution in [0.1, 0.15) is 21.6 Å². The van der Waals surface area contributed by atoms with Crippen LogP contribution in [0.15, 0.2) is 42.5 Å². The fraction of sp³-hybridized carbons (Fsp3) is 0.200. The summed E-state index contributed by atoms with van der Waals surface area (Å²) in [5.74, 6) is -0.135. The highest BCUT2D eigenvalue weighted by atomic mass is 35.5. The number of nitrogens with zero attached hydrogens (tertiary/aromatic N) is 2. The van der Waals surface area contributed by atoms with Gasteiger partial charge in [-0.15, -0.1) is 0 Å². The Hall–Kier alpha value is -1.87. The summed E-state index contributed by atoms with van der Waals surface area (Å²) in [5, 5.41) is 0.329. The van der Waals surface area contributed by atoms with Gasteiger partial charge in [-0.3, -0.25) is 4.79 Å². The summed E-state index contributed by atoms with van der Waals surface area (Å²) >= 11 is 5.79. The molecule has 1 aromatic heterocycles. The Balaban J connectivity index is 2.12. The SMILES string of the molecule is Cc1cccc(CN(C)C(=O)c2cccc(Cl)n2)c1. The second kappa shape index (κ2) is 5.85. The van der Waals surface area contributed by atoms with Gasteiger partial charge in [-0.1, -0.05) is 47.5 Å². The Morgan fingerprint density at radius 2 is 2.00 bits per heavy atom. The highest BCUT2D eigenvalue weighted by molar-refractivity contribution is 6.29. The zero-order valence-corrected chi connectivity index (χ0v) is 11.7. The van der Waals surface area contributed by atoms with Crippen LogP contribution < -0.4 is 0 Å². The minimum absolute atomic E-state index is 0.135. The summed E-state index contributed by atoms with van der Waals surface area (Å²) in [6, 6.07) is 13.1. The quantitative estimate of drug-likeness (QED) is 0.805. The summed E-state index contributed by atoms with van der Waals surface area (Å²) in [6.45, 7) is 2.58. The third kappa shape index (κ3) is 3.55. The molecule has 98 valence electrons. The highest BCUT2D eigenvalue weighted by Gasteiger charge is 2.13. The molecule has 0 fully saturated rings. The first-order valence-electron chi connectivity index (χ1n) is 6.00. The fourth-order valence-electron chi connectivity index (χ4n) is 1.88. The molecule has 0 spiro atoms. The number of hydrogen-bond acceptors (Lipinski definition) is 2. The maximum Gasteiger partial charge on any atom is 0.272 e. The Kier molecular flexibility index (Phi) is 4.17. The molecular formula is C15H15ClN2O. The summed E-state index contributed by atoms with van der Waals surface area (Å²) in [5.41, 5.74) is 2.64. The molecule has 1 aromatic carbocycles. The van der Waals surface area contributed by atoms with Crippen LogP contribution in [0.2, 0.25) is 5.15 Å². The first kappa shape index (κ1) is 13.6. The molecule has 1 amide bonds. The summed E-state index contributed by atoms with van der Waals surface area (Å²) in [6.07, 6.45) is 0. The van der Waals surface area contributed by atoms with E-state index in [2.05, 4.69) is 11.1 Å². The lowest BCUT2D eigenvalue weighted by Crippen LogP contribution is -2.27. The Morgan fingerprint density at radius 1 is 1.26 bits per heavy atom. The van der Waals surface area contributed by atoms with E-state index in [9.17, 15) is 4.79 Å². The van der Waals surface area contributed by atoms with E-state index in [4.69, 9.17) is 11.6 Å². The van der Waals surface area contributed by atoms with Crippen molar-refractivity contribution in [3.8, 4) is 0 Å². The summed E-state index contributed by atoms with van der Waals surface area (Å²) < 4.78 is 0. The predicted molar refractivity (Wildman–Crippen MR) is 76.2 cm³/mol. The van der Waals surface area contributed by atoms with Crippen LogP contribution in [0.5, 0.6) is 0 Å². The van der Waals surface area contributed by atoms with Crippen molar-refractivity contribution < 1.29 is 4.79 Å². The monoisotopic (exact) mass is 274 g/mol. The third-order valence-corrected chi connectivity index (χ3v) is 2.99. The average Bonchev–Trinajstić information content (AvgIpc) is 2.38. The van der Waals surface area contributed by atoms with Crippen molar-refractivity contribution >= 4 is 17.5 Å². The molecule has 4 heteroatoms. The van der Waals surface area contributed by atoms with Crippen LogP contribution >= 0.6 is 11.6 Å². The molecule has 1 heterocycles. The van der Waals surface area contributed by atoms with Crippen molar-refractivity contribution in [3.63, 3.8) is 0 Å². The lowest BCUT2D eigenvalue weighted by Gasteiger charge is -2.17. The van der Waals surface area contributed by atoms with Gasteiger partial charge in [0.15, 0.2) is 0 Å². The van der Waals surface area contributed by atoms with E-state index in [1.165, 1.54) is 5.56 Å². The molecule has 0 bridgehead atoms. The number of aromatic nitrogens is 1. The molecule has 0 saturated carbocycles. The minimum atomic E-state index is -0.135. The fourth-order valence-corrected chi connectivity index (χ4v) is 2.04. The van der Waals surface area contributed by atoms with Crippen LogP contribution in [0.3, 0.4) is 0 Å². The van der Waals surface area contributed by atoms with Crippen LogP contribution in [0.25, 0.3) is 0 Å². The van der Waals surface area contributed by atoms with Gasteiger partial charge in [0.05, 0.1) is 0 Å². The zero-order valence-electron chi connectivity index (χ0n) is 10.9. The van der Waals surface area contributed by atoms with Gasteiger partial charge < -0.3 is 4.90 Å². The molecule has 0 aliphatic rings. The lowest BCUT2D eigenvalue weighted by atomic mass is 10.1. The van der Waals surface area contributed by atoms with E-state index in [0.717, 1.165) is 5.56 Å². The molecule has 0 saturated heterocycles. The number of halogens is 1. The number of benzene rings is 1. The second-order valence-electron chi connectivity index (χ2n) is 4.50. The van der Waals surface area contributed by atoms with Crippen molar-refractivity contribution in [1.82, 2.24) is 9.88 Å². The van der Waals surface area contributed by atoms with Crippen molar-refractivity contribution in [2.75, 3.05) is 7.05 Å². The van der Waals surface area contributed by atoms with Gasteiger partial charge in [0.1, 0.15) is 10.8 Å². The van der Waals surface area contributed by atoms with Gasteiger partial charge in [0.25, 0.3) is 5.91 Å². The molecule has 0 radical (unpaired) electrons. The number of amides is 1. The van der Waals surface area contributed by atoms with Gasteiger partial charge in [0.2, 0.25) is 0 Å². The van der Waals surface area contributed by atoms with Crippen molar-refractivity contribution in [3.05, 3.63) is 64.4 Å². The van der Waals surface area contributed by atoms with Gasteiger partial charge in [0, 0.05) is 13.6 Å². The topological polar surface area (TPSA) is 33.2 Å². The Labute approximate surface area is 117 Å². The number of rotatable bonds is 3. The maximum absolute atomic E-state index is 12.2. The molecule has 2 rings (SSSR count). The Bertz CT molecular complexity index is 598. The molecule has 0 atom stereocenters. The van der Waals surface area contributed by atoms with Gasteiger partial charge in [-0.25, -0.2) is 4.98 Å². The Morgan fingerprint density at radius 3 is 2.68 bits per heavy atom. The molecule has 0 N–H and O–H groups in total. The number of carbonyl (C=O) groups excluding carboxylic acids is 1. The van der Waals surface area contributed by atoms with E-state index in [-0.39, 0.29) is 5.91 Å². The third-order valence-electron chi connectivity index (χ3n) is 2.78. The molecule has 19 heavy (non-hydrogen) atoms. The van der Waals surface area contributed by atoms with Gasteiger partial charge >= 0.3 is 0 Å². The highest BCUT2D eigenvalue weighted by Crippen LogP contribution is 2.11. The van der Waals surface area contributed by atoms with Crippen LogP contribution in [0, 0.1) is 6.92 Å². The smallest absolute Gasteiger partial charge is 0.272 e. The van der Waals surface area contributed by atoms with Crippen molar-refractivity contribution in [2.24, 2.45) is 0 Å². The molecule has 0 aliphatic carbocycles. The number of aryl methyl sites for hydroxylation is 1. The summed E-state index contributed by atoms with van der Waals surface area (Å²) in [7, 11) is 1.76. The van der Waals surface area contributed by atoms with Crippen LogP contribution in [-0.2, 0) is 6.54 Å². The molecule has 0 aliphatic heterocycles. The van der Waals surface area contributed by atoms with E-state index >= 15 is 0 Å². The lowest BCUT2D eigenvalue weighted by molar-refractivity contribution is 0.0779. The van der Waals surface area contributed by atoms with Crippen molar-refractivity contribution in [1.29, 1.82) is 0 Å². The molecular weight excluding hydrogens is 260 g/mol. The molecule has 0 unspecified atom stereocenters. The van der Waals surface area contributed by atoms with Gasteiger partial charge in [-0.2, -0.15) is 0 Å². The molecule has 2 aromatic rings. The predicted octanol–water partition coefficient (Wildman–Crippen LogP) is 3.32. The van der Waals surface area contributed by atoms with Gasteiger partial charge in [-0.05, 0) is 24.6 Å². The number of carbonyl (C=O) groups is 1. The van der Waals surface area contributed by atoms with E-state index in [1.54, 1.807) is 30.1 Å². The van der Waals surface area contributed by atoms with Crippen molar-refractivity contribution in [2.45, 2.75) is 13.5 Å². The average molecular weight is 275 g/mol. The number of hydrogen-bond donors (Lipinski definition) is 0. The molecule has 3 nitrogen and oxygen atoms in total. The van der Waals surface area contributed by atoms with Crippen LogP contribution in [0.4, 0.5) is 0 Å². The summed E-state index contributed by atoms with van der Waals surface area (Å²) in [4.78, 5) is 17.9. The maximum atomic E-state index is 12.2. The normalized spacial score (nSPS) is 10.3. The number of pyridine rings is 1. The van der Waals surface area contributed by atoms with E-state index < -0.39 is 0 Å². The standard InChI is InChI=1S/C15H15ClN2O/c1-11-5-3-6-12(9-11)10-18(2)15(19)13-7-4-8-14(16)17-13/h3-9H,10H2,1-2H3. The van der Waals surface area contributed by atoms with Crippen LogP contribution in [-0.4, -0.2) is 22.8 Å². The first-order valence-corrected chi connectivity index (χ1v) is 6.37. The minimum Gasteiger partial charge on any atom is -0.336 e. The van der Waals surface area contributed by atoms with E-state index in [0.29, 0.717) is 17.4 Å².